The summed E-state index contributed by atoms with van der Waals surface area (Å²) in [5, 5.41) is 4.21. The van der Waals surface area contributed by atoms with Crippen LogP contribution in [-0.4, -0.2) is 18.8 Å². The van der Waals surface area contributed by atoms with Gasteiger partial charge in [0, 0.05) is 6.92 Å². The molecule has 2 rings (SSSR count). The number of esters is 1. The highest BCUT2D eigenvalue weighted by Crippen LogP contribution is 2.28. The minimum atomic E-state index is -0.381. The van der Waals surface area contributed by atoms with Gasteiger partial charge in [0.25, 0.3) is 0 Å². The molecule has 1 N–H and O–H groups in total. The van der Waals surface area contributed by atoms with Crippen LogP contribution in [0, 0.1) is 6.92 Å². The van der Waals surface area contributed by atoms with E-state index >= 15 is 0 Å². The van der Waals surface area contributed by atoms with Crippen molar-refractivity contribution in [1.82, 2.24) is 0 Å². The van der Waals surface area contributed by atoms with Gasteiger partial charge in [0.2, 0.25) is 0 Å². The van der Waals surface area contributed by atoms with Gasteiger partial charge in [0.05, 0.1) is 18.5 Å². The number of benzene rings is 2. The molecule has 2 aromatic carbocycles. The first-order chi connectivity index (χ1) is 11.1. The molecule has 0 spiro atoms. The number of hydrazone groups is 1. The predicted molar refractivity (Wildman–Crippen MR) is 91.3 cm³/mol. The van der Waals surface area contributed by atoms with Gasteiger partial charge in [-0.2, -0.15) is 5.10 Å². The van der Waals surface area contributed by atoms with Crippen LogP contribution in [0.2, 0.25) is 0 Å². The Morgan fingerprint density at radius 3 is 2.74 bits per heavy atom. The lowest BCUT2D eigenvalue weighted by Gasteiger charge is -2.10. The molecule has 0 heterocycles. The van der Waals surface area contributed by atoms with Crippen LogP contribution < -0.4 is 14.9 Å². The van der Waals surface area contributed by atoms with E-state index in [2.05, 4.69) is 10.5 Å². The highest BCUT2D eigenvalue weighted by molar-refractivity contribution is 5.82. The molecule has 0 aliphatic carbocycles. The number of nitrogens with zero attached hydrogens (tertiary/aromatic N) is 1. The van der Waals surface area contributed by atoms with E-state index in [0.29, 0.717) is 18.1 Å². The average Bonchev–Trinajstić information content (AvgIpc) is 2.50. The molecule has 0 unspecified atom stereocenters. The van der Waals surface area contributed by atoms with E-state index in [1.165, 1.54) is 6.92 Å². The van der Waals surface area contributed by atoms with Gasteiger partial charge in [-0.15, -0.1) is 0 Å². The number of rotatable bonds is 6. The van der Waals surface area contributed by atoms with E-state index in [9.17, 15) is 4.79 Å². The van der Waals surface area contributed by atoms with E-state index in [-0.39, 0.29) is 5.97 Å². The largest absolute Gasteiger partial charge is 0.490 e. The van der Waals surface area contributed by atoms with Gasteiger partial charge in [0.1, 0.15) is 0 Å². The second kappa shape index (κ2) is 7.98. The van der Waals surface area contributed by atoms with E-state index in [4.69, 9.17) is 9.47 Å². The Kier molecular flexibility index (Phi) is 5.74. The molecular formula is C18H20N2O3. The van der Waals surface area contributed by atoms with Gasteiger partial charge in [-0.3, -0.25) is 10.2 Å². The Morgan fingerprint density at radius 2 is 2.04 bits per heavy atom. The fourth-order valence-corrected chi connectivity index (χ4v) is 2.01. The first kappa shape index (κ1) is 16.5. The van der Waals surface area contributed by atoms with E-state index in [1.807, 2.05) is 44.2 Å². The third kappa shape index (κ3) is 5.14. The Labute approximate surface area is 135 Å². The van der Waals surface area contributed by atoms with Crippen molar-refractivity contribution >= 4 is 17.9 Å². The quantitative estimate of drug-likeness (QED) is 0.382. The fourth-order valence-electron chi connectivity index (χ4n) is 2.01. The maximum atomic E-state index is 11.1. The SMILES string of the molecule is CCOc1cc(/C=N\Nc2cccc(C)c2)ccc1OC(C)=O. The molecule has 0 bridgehead atoms. The highest BCUT2D eigenvalue weighted by atomic mass is 16.6. The summed E-state index contributed by atoms with van der Waals surface area (Å²) in [7, 11) is 0. The number of anilines is 1. The molecule has 23 heavy (non-hydrogen) atoms. The van der Waals surface area contributed by atoms with Gasteiger partial charge < -0.3 is 9.47 Å². The molecule has 0 aromatic heterocycles. The average molecular weight is 312 g/mol. The second-order valence-electron chi connectivity index (χ2n) is 4.97. The number of ether oxygens (including phenoxy) is 2. The fraction of sp³-hybridized carbons (Fsp3) is 0.222. The van der Waals surface area contributed by atoms with Crippen molar-refractivity contribution in [2.45, 2.75) is 20.8 Å². The molecule has 0 aliphatic heterocycles. The smallest absolute Gasteiger partial charge is 0.308 e. The minimum absolute atomic E-state index is 0.381. The Bertz CT molecular complexity index is 711. The van der Waals surface area contributed by atoms with Crippen molar-refractivity contribution in [2.75, 3.05) is 12.0 Å². The van der Waals surface area contributed by atoms with Crippen LogP contribution in [-0.2, 0) is 4.79 Å². The first-order valence-electron chi connectivity index (χ1n) is 7.39. The number of hydrogen-bond acceptors (Lipinski definition) is 5. The summed E-state index contributed by atoms with van der Waals surface area (Å²) in [6.07, 6.45) is 1.68. The zero-order valence-electron chi connectivity index (χ0n) is 13.5. The molecule has 5 nitrogen and oxygen atoms in total. The van der Waals surface area contributed by atoms with Crippen LogP contribution in [0.25, 0.3) is 0 Å². The number of aryl methyl sites for hydroxylation is 1. The van der Waals surface area contributed by atoms with E-state index in [0.717, 1.165) is 16.8 Å². The van der Waals surface area contributed by atoms with Gasteiger partial charge in [-0.1, -0.05) is 12.1 Å². The van der Waals surface area contributed by atoms with Crippen molar-refractivity contribution in [2.24, 2.45) is 5.10 Å². The molecule has 0 saturated carbocycles. The first-order valence-corrected chi connectivity index (χ1v) is 7.39. The summed E-state index contributed by atoms with van der Waals surface area (Å²) >= 11 is 0. The lowest BCUT2D eigenvalue weighted by Crippen LogP contribution is -2.04. The van der Waals surface area contributed by atoms with Crippen LogP contribution in [0.4, 0.5) is 5.69 Å². The molecule has 0 atom stereocenters. The summed E-state index contributed by atoms with van der Waals surface area (Å²) in [6.45, 7) is 5.74. The normalized spacial score (nSPS) is 10.6. The third-order valence-electron chi connectivity index (χ3n) is 2.95. The van der Waals surface area contributed by atoms with Gasteiger partial charge >= 0.3 is 5.97 Å². The summed E-state index contributed by atoms with van der Waals surface area (Å²) in [5.74, 6) is 0.541. The molecule has 0 aliphatic rings. The van der Waals surface area contributed by atoms with Crippen molar-refractivity contribution < 1.29 is 14.3 Å². The lowest BCUT2D eigenvalue weighted by atomic mass is 10.2. The number of hydrogen-bond donors (Lipinski definition) is 1. The Balaban J connectivity index is 2.11. The van der Waals surface area contributed by atoms with Gasteiger partial charge in [0.15, 0.2) is 11.5 Å². The molecule has 0 fully saturated rings. The van der Waals surface area contributed by atoms with Crippen molar-refractivity contribution in [3.8, 4) is 11.5 Å². The van der Waals surface area contributed by atoms with Gasteiger partial charge in [-0.05, 0) is 55.3 Å². The van der Waals surface area contributed by atoms with Crippen LogP contribution >= 0.6 is 0 Å². The maximum Gasteiger partial charge on any atom is 0.308 e. The zero-order valence-corrected chi connectivity index (χ0v) is 13.5. The Morgan fingerprint density at radius 1 is 1.22 bits per heavy atom. The molecule has 5 heteroatoms. The number of carbonyl (C=O) groups excluding carboxylic acids is 1. The van der Waals surface area contributed by atoms with Crippen molar-refractivity contribution in [1.29, 1.82) is 0 Å². The zero-order chi connectivity index (χ0) is 16.7. The minimum Gasteiger partial charge on any atom is -0.490 e. The lowest BCUT2D eigenvalue weighted by molar-refractivity contribution is -0.132. The molecular weight excluding hydrogens is 292 g/mol. The summed E-state index contributed by atoms with van der Waals surface area (Å²) < 4.78 is 10.6. The summed E-state index contributed by atoms with van der Waals surface area (Å²) in [4.78, 5) is 11.1. The molecule has 0 saturated heterocycles. The summed E-state index contributed by atoms with van der Waals surface area (Å²) in [5.41, 5.74) is 5.89. The maximum absolute atomic E-state index is 11.1. The molecule has 2 aromatic rings. The molecule has 0 amide bonds. The monoisotopic (exact) mass is 312 g/mol. The second-order valence-corrected chi connectivity index (χ2v) is 4.97. The van der Waals surface area contributed by atoms with Crippen LogP contribution in [0.5, 0.6) is 11.5 Å². The van der Waals surface area contributed by atoms with Crippen LogP contribution in [0.1, 0.15) is 25.0 Å². The molecule has 120 valence electrons. The number of nitrogens with one attached hydrogen (secondary N) is 1. The van der Waals surface area contributed by atoms with E-state index in [1.54, 1.807) is 18.3 Å². The van der Waals surface area contributed by atoms with Crippen molar-refractivity contribution in [3.63, 3.8) is 0 Å². The van der Waals surface area contributed by atoms with E-state index < -0.39 is 0 Å². The topological polar surface area (TPSA) is 59.9 Å². The van der Waals surface area contributed by atoms with Crippen LogP contribution in [0.3, 0.4) is 0 Å². The molecule has 0 radical (unpaired) electrons. The van der Waals surface area contributed by atoms with Crippen LogP contribution in [0.15, 0.2) is 47.6 Å². The number of carbonyl (C=O) groups is 1. The Hall–Kier alpha value is -2.82. The summed E-state index contributed by atoms with van der Waals surface area (Å²) in [6, 6.07) is 13.2. The van der Waals surface area contributed by atoms with Crippen molar-refractivity contribution in [3.05, 3.63) is 53.6 Å². The predicted octanol–water partition coefficient (Wildman–Crippen LogP) is 3.77. The highest BCUT2D eigenvalue weighted by Gasteiger charge is 2.08. The third-order valence-corrected chi connectivity index (χ3v) is 2.95. The standard InChI is InChI=1S/C18H20N2O3/c1-4-22-18-11-15(8-9-17(18)23-14(3)21)12-19-20-16-7-5-6-13(2)10-16/h5-12,20H,4H2,1-3H3/b19-12-. The van der Waals surface area contributed by atoms with Gasteiger partial charge in [-0.25, -0.2) is 0 Å².